The normalized spacial score (nSPS) is 15.2. The summed E-state index contributed by atoms with van der Waals surface area (Å²) in [6.07, 6.45) is -0.589. The molecule has 3 aromatic carbocycles. The first-order chi connectivity index (χ1) is 16.5. The van der Waals surface area contributed by atoms with Crippen molar-refractivity contribution < 1.29 is 24.2 Å². The summed E-state index contributed by atoms with van der Waals surface area (Å²) in [6, 6.07) is 19.1. The molecule has 1 aromatic heterocycles. The van der Waals surface area contributed by atoms with Crippen molar-refractivity contribution in [2.24, 2.45) is 0 Å². The molecule has 1 aliphatic rings. The second-order valence-electron chi connectivity index (χ2n) is 7.96. The Kier molecular flexibility index (Phi) is 6.30. The summed E-state index contributed by atoms with van der Waals surface area (Å²) < 4.78 is 12.5. The zero-order chi connectivity index (χ0) is 23.5. The topological polar surface area (TPSA) is 97.8 Å². The Balaban J connectivity index is 1.47. The van der Waals surface area contributed by atoms with Crippen LogP contribution in [0.2, 0.25) is 0 Å². The van der Waals surface area contributed by atoms with Gasteiger partial charge in [-0.2, -0.15) is 11.8 Å². The van der Waals surface area contributed by atoms with Crippen LogP contribution in [0.15, 0.2) is 60.7 Å². The average molecular weight is 495 g/mol. The number of thiazole rings is 1. The van der Waals surface area contributed by atoms with Gasteiger partial charge in [-0.25, -0.2) is 9.78 Å². The average Bonchev–Trinajstić information content (AvgIpc) is 3.25. The molecule has 0 aliphatic carbocycles. The molecule has 2 heterocycles. The molecule has 1 aliphatic heterocycles. The fraction of sp³-hybridized carbons (Fsp3) is 0.240. The summed E-state index contributed by atoms with van der Waals surface area (Å²) in [6.45, 7) is 0.209. The number of carbonyl (C=O) groups is 2. The lowest BCUT2D eigenvalue weighted by molar-refractivity contribution is -0.0414. The quantitative estimate of drug-likeness (QED) is 0.263. The van der Waals surface area contributed by atoms with E-state index in [0.29, 0.717) is 35.7 Å². The summed E-state index contributed by atoms with van der Waals surface area (Å²) in [5, 5.41) is 14.7. The van der Waals surface area contributed by atoms with Crippen LogP contribution in [0.1, 0.15) is 28.2 Å². The van der Waals surface area contributed by atoms with Crippen LogP contribution in [-0.4, -0.2) is 39.4 Å². The first-order valence-corrected chi connectivity index (χ1v) is 12.8. The summed E-state index contributed by atoms with van der Waals surface area (Å²) in [5.41, 5.74) is -0.0132. The van der Waals surface area contributed by atoms with E-state index < -0.39 is 17.8 Å². The van der Waals surface area contributed by atoms with Crippen LogP contribution in [-0.2, 0) is 11.3 Å². The molecule has 2 N–H and O–H groups in total. The summed E-state index contributed by atoms with van der Waals surface area (Å²) in [7, 11) is 0. The van der Waals surface area contributed by atoms with Gasteiger partial charge in [0.2, 0.25) is 0 Å². The van der Waals surface area contributed by atoms with Crippen molar-refractivity contribution in [3.05, 3.63) is 71.2 Å². The van der Waals surface area contributed by atoms with E-state index >= 15 is 0 Å². The number of hydrogen-bond donors (Lipinski definition) is 2. The number of rotatable bonds is 6. The van der Waals surface area contributed by atoms with E-state index in [4.69, 9.17) is 9.47 Å². The second kappa shape index (κ2) is 9.52. The van der Waals surface area contributed by atoms with Gasteiger partial charge in [-0.05, 0) is 35.1 Å². The van der Waals surface area contributed by atoms with Crippen LogP contribution < -0.4 is 10.1 Å². The van der Waals surface area contributed by atoms with E-state index in [1.807, 2.05) is 54.6 Å². The highest BCUT2D eigenvalue weighted by Crippen LogP contribution is 2.34. The van der Waals surface area contributed by atoms with Gasteiger partial charge < -0.3 is 19.9 Å². The number of benzene rings is 3. The molecule has 5 rings (SSSR count). The SMILES string of the molecule is O=C(O)OC1(NC(=O)c2ccc3ccccc3c2OCc2nc3ccccc3s2)CCSCC1. The molecular formula is C25H22N2O5S2. The number of carbonyl (C=O) groups excluding carboxylic acids is 1. The molecule has 0 atom stereocenters. The van der Waals surface area contributed by atoms with Crippen molar-refractivity contribution in [2.45, 2.75) is 25.2 Å². The van der Waals surface area contributed by atoms with Gasteiger partial charge in [0.05, 0.1) is 15.8 Å². The van der Waals surface area contributed by atoms with Crippen LogP contribution >= 0.6 is 23.1 Å². The van der Waals surface area contributed by atoms with Crippen LogP contribution in [0.25, 0.3) is 21.0 Å². The van der Waals surface area contributed by atoms with Gasteiger partial charge in [-0.15, -0.1) is 11.3 Å². The minimum Gasteiger partial charge on any atom is -0.485 e. The Morgan fingerprint density at radius 2 is 1.79 bits per heavy atom. The van der Waals surface area contributed by atoms with Crippen LogP contribution in [0, 0.1) is 0 Å². The number of ether oxygens (including phenoxy) is 2. The number of thioether (sulfide) groups is 1. The Hall–Kier alpha value is -3.30. The Morgan fingerprint density at radius 1 is 1.03 bits per heavy atom. The van der Waals surface area contributed by atoms with E-state index in [1.54, 1.807) is 29.2 Å². The molecule has 0 saturated carbocycles. The molecule has 1 fully saturated rings. The van der Waals surface area contributed by atoms with E-state index in [1.165, 1.54) is 0 Å². The van der Waals surface area contributed by atoms with Crippen LogP contribution in [0.3, 0.4) is 0 Å². The predicted molar refractivity (Wildman–Crippen MR) is 134 cm³/mol. The summed E-state index contributed by atoms with van der Waals surface area (Å²) >= 11 is 3.25. The van der Waals surface area contributed by atoms with Gasteiger partial charge in [0, 0.05) is 18.2 Å². The van der Waals surface area contributed by atoms with E-state index in [9.17, 15) is 14.7 Å². The van der Waals surface area contributed by atoms with Gasteiger partial charge in [0.1, 0.15) is 17.4 Å². The highest BCUT2D eigenvalue weighted by atomic mass is 32.2. The number of fused-ring (bicyclic) bond motifs is 2. The van der Waals surface area contributed by atoms with Crippen LogP contribution in [0.4, 0.5) is 4.79 Å². The molecule has 9 heteroatoms. The molecule has 4 aromatic rings. The monoisotopic (exact) mass is 494 g/mol. The number of aromatic nitrogens is 1. The Labute approximate surface area is 204 Å². The zero-order valence-corrected chi connectivity index (χ0v) is 19.8. The van der Waals surface area contributed by atoms with Crippen molar-refractivity contribution >= 4 is 56.2 Å². The Morgan fingerprint density at radius 3 is 2.59 bits per heavy atom. The minimum atomic E-state index is -1.40. The third-order valence-electron chi connectivity index (χ3n) is 5.73. The van der Waals surface area contributed by atoms with Gasteiger partial charge in [-0.3, -0.25) is 4.79 Å². The highest BCUT2D eigenvalue weighted by molar-refractivity contribution is 7.99. The fourth-order valence-corrected chi connectivity index (χ4v) is 6.12. The largest absolute Gasteiger partial charge is 0.507 e. The first-order valence-electron chi connectivity index (χ1n) is 10.8. The number of nitrogens with one attached hydrogen (secondary N) is 1. The molecule has 7 nitrogen and oxygen atoms in total. The molecule has 0 unspecified atom stereocenters. The maximum atomic E-state index is 13.4. The number of amides is 1. The lowest BCUT2D eigenvalue weighted by Crippen LogP contribution is -2.53. The van der Waals surface area contributed by atoms with Crippen molar-refractivity contribution in [3.63, 3.8) is 0 Å². The van der Waals surface area contributed by atoms with Gasteiger partial charge >= 0.3 is 6.16 Å². The number of carboxylic acid groups (broad SMARTS) is 1. The Bertz CT molecular complexity index is 1330. The van der Waals surface area contributed by atoms with Crippen molar-refractivity contribution in [1.29, 1.82) is 0 Å². The number of nitrogens with zero attached hydrogens (tertiary/aromatic N) is 1. The third-order valence-corrected chi connectivity index (χ3v) is 7.72. The van der Waals surface area contributed by atoms with Crippen LogP contribution in [0.5, 0.6) is 5.75 Å². The van der Waals surface area contributed by atoms with Gasteiger partial charge in [-0.1, -0.05) is 42.5 Å². The smallest absolute Gasteiger partial charge is 0.485 e. The molecule has 0 spiro atoms. The minimum absolute atomic E-state index is 0.209. The number of hydrogen-bond acceptors (Lipinski definition) is 7. The molecule has 174 valence electrons. The molecule has 1 amide bonds. The zero-order valence-electron chi connectivity index (χ0n) is 18.2. The molecule has 0 radical (unpaired) electrons. The van der Waals surface area contributed by atoms with Crippen molar-refractivity contribution in [1.82, 2.24) is 10.3 Å². The molecule has 0 bridgehead atoms. The lowest BCUT2D eigenvalue weighted by Gasteiger charge is -2.36. The van der Waals surface area contributed by atoms with E-state index in [2.05, 4.69) is 10.3 Å². The predicted octanol–water partition coefficient (Wildman–Crippen LogP) is 5.68. The summed E-state index contributed by atoms with van der Waals surface area (Å²) in [5.74, 6) is 1.40. The van der Waals surface area contributed by atoms with Crippen molar-refractivity contribution in [2.75, 3.05) is 11.5 Å². The molecular weight excluding hydrogens is 472 g/mol. The van der Waals surface area contributed by atoms with Gasteiger partial charge in [0.15, 0.2) is 5.72 Å². The number of para-hydroxylation sites is 1. The summed E-state index contributed by atoms with van der Waals surface area (Å²) in [4.78, 5) is 29.4. The maximum absolute atomic E-state index is 13.4. The lowest BCUT2D eigenvalue weighted by atomic mass is 10.0. The van der Waals surface area contributed by atoms with Crippen molar-refractivity contribution in [3.8, 4) is 5.75 Å². The standard InChI is InChI=1S/C25H22N2O5S2/c28-23(27-25(32-24(29)30)11-13-33-14-12-25)18-10-9-16-5-1-2-6-17(16)22(18)31-15-21-26-19-7-3-4-8-20(19)34-21/h1-10H,11-15H2,(H,27,28)(H,29,30). The molecule has 1 saturated heterocycles. The highest BCUT2D eigenvalue weighted by Gasteiger charge is 2.38. The van der Waals surface area contributed by atoms with E-state index in [0.717, 1.165) is 26.0 Å². The fourth-order valence-electron chi connectivity index (χ4n) is 4.09. The third kappa shape index (κ3) is 4.67. The van der Waals surface area contributed by atoms with Gasteiger partial charge in [0.25, 0.3) is 5.91 Å². The second-order valence-corrected chi connectivity index (χ2v) is 10.3. The first kappa shape index (κ1) is 22.5. The van der Waals surface area contributed by atoms with E-state index in [-0.39, 0.29) is 6.61 Å². The maximum Gasteiger partial charge on any atom is 0.507 e. The molecule has 34 heavy (non-hydrogen) atoms.